The van der Waals surface area contributed by atoms with E-state index in [-0.39, 0.29) is 23.8 Å². The maximum absolute atomic E-state index is 12.8. The Morgan fingerprint density at radius 3 is 2.45 bits per heavy atom. The number of carbonyl (C=O) groups excluding carboxylic acids is 1. The van der Waals surface area contributed by atoms with Gasteiger partial charge in [0.05, 0.1) is 5.60 Å². The van der Waals surface area contributed by atoms with Gasteiger partial charge in [-0.3, -0.25) is 4.72 Å². The molecule has 0 saturated heterocycles. The van der Waals surface area contributed by atoms with Crippen molar-refractivity contribution in [2.24, 2.45) is 5.92 Å². The number of hydrogen-bond acceptors (Lipinski definition) is 4. The van der Waals surface area contributed by atoms with Crippen LogP contribution in [0.3, 0.4) is 0 Å². The summed E-state index contributed by atoms with van der Waals surface area (Å²) in [5.41, 5.74) is 2.84. The van der Waals surface area contributed by atoms with E-state index in [1.54, 1.807) is 0 Å². The lowest BCUT2D eigenvalue weighted by atomic mass is 9.76. The van der Waals surface area contributed by atoms with Gasteiger partial charge < -0.3 is 14.8 Å². The number of rotatable bonds is 5. The molecule has 5 nitrogen and oxygen atoms in total. The molecule has 3 N–H and O–H groups in total. The van der Waals surface area contributed by atoms with Gasteiger partial charge in [0.25, 0.3) is 0 Å². The minimum absolute atomic E-state index is 0.216. The molecule has 0 radical (unpaired) electrons. The molecule has 2 bridgehead atoms. The van der Waals surface area contributed by atoms with Gasteiger partial charge in [-0.15, -0.1) is 0 Å². The Morgan fingerprint density at radius 1 is 1.19 bits per heavy atom. The van der Waals surface area contributed by atoms with Crippen molar-refractivity contribution in [2.45, 2.75) is 82.3 Å². The van der Waals surface area contributed by atoms with E-state index in [0.717, 1.165) is 59.3 Å². The van der Waals surface area contributed by atoms with Gasteiger partial charge in [-0.2, -0.15) is 0 Å². The molecule has 1 aromatic heterocycles. The highest BCUT2D eigenvalue weighted by atomic mass is 35.5. The number of urea groups is 1. The number of carbonyl (C=O) groups is 1. The zero-order chi connectivity index (χ0) is 22.5. The number of furan rings is 1. The molecule has 1 fully saturated rings. The number of amides is 2. The molecule has 4 rings (SSSR count). The summed E-state index contributed by atoms with van der Waals surface area (Å²) in [4.78, 5) is 12.8. The Hall–Kier alpha value is -1.63. The third-order valence-electron chi connectivity index (χ3n) is 6.77. The minimum atomic E-state index is -0.867. The summed E-state index contributed by atoms with van der Waals surface area (Å²) in [5.74, 6) is 1.97. The van der Waals surface area contributed by atoms with Crippen molar-refractivity contribution in [3.63, 3.8) is 0 Å². The lowest BCUT2D eigenvalue weighted by Gasteiger charge is -2.33. The van der Waals surface area contributed by atoms with Crippen LogP contribution in [0.1, 0.15) is 94.1 Å². The van der Waals surface area contributed by atoms with Gasteiger partial charge >= 0.3 is 6.03 Å². The lowest BCUT2D eigenvalue weighted by molar-refractivity contribution is -0.0115. The van der Waals surface area contributed by atoms with E-state index >= 15 is 0 Å². The molecule has 31 heavy (non-hydrogen) atoms. The average Bonchev–Trinajstić information content (AvgIpc) is 3.33. The van der Waals surface area contributed by atoms with Crippen LogP contribution in [0.25, 0.3) is 0 Å². The molecule has 168 valence electrons. The fourth-order valence-corrected chi connectivity index (χ4v) is 5.81. The van der Waals surface area contributed by atoms with Crippen molar-refractivity contribution in [1.82, 2.24) is 4.72 Å². The Kier molecular flexibility index (Phi) is 6.10. The van der Waals surface area contributed by atoms with Crippen LogP contribution < -0.4 is 10.0 Å². The van der Waals surface area contributed by atoms with E-state index in [9.17, 15) is 9.90 Å². The first-order valence-electron chi connectivity index (χ1n) is 11.0. The van der Waals surface area contributed by atoms with Crippen molar-refractivity contribution in [1.29, 1.82) is 0 Å². The van der Waals surface area contributed by atoms with Crippen LogP contribution in [0.5, 0.6) is 0 Å². The number of nitrogens with one attached hydrogen (secondary N) is 2. The van der Waals surface area contributed by atoms with Crippen LogP contribution in [0.4, 0.5) is 10.5 Å². The number of benzene rings is 1. The van der Waals surface area contributed by atoms with Crippen LogP contribution in [0.2, 0.25) is 5.02 Å². The third-order valence-corrected chi connectivity index (χ3v) is 7.68. The molecule has 3 atom stereocenters. The second-order valence-corrected chi connectivity index (χ2v) is 10.9. The quantitative estimate of drug-likeness (QED) is 0.413. The largest absolute Gasteiger partial charge is 0.452 e. The predicted octanol–water partition coefficient (Wildman–Crippen LogP) is 7.11. The summed E-state index contributed by atoms with van der Waals surface area (Å²) >= 11 is 7.46. The van der Waals surface area contributed by atoms with Crippen LogP contribution in [0.15, 0.2) is 27.7 Å². The highest BCUT2D eigenvalue weighted by Gasteiger charge is 2.48. The first-order chi connectivity index (χ1) is 14.6. The Bertz CT molecular complexity index is 970. The maximum atomic E-state index is 12.8. The van der Waals surface area contributed by atoms with Crippen molar-refractivity contribution >= 4 is 35.3 Å². The van der Waals surface area contributed by atoms with E-state index in [1.807, 2.05) is 25.1 Å². The minimum Gasteiger partial charge on any atom is -0.452 e. The molecule has 2 aliphatic rings. The molecular formula is C24H31ClN2O3S. The monoisotopic (exact) mass is 462 g/mol. The average molecular weight is 463 g/mol. The van der Waals surface area contributed by atoms with Crippen molar-refractivity contribution in [3.05, 3.63) is 45.7 Å². The highest BCUT2D eigenvalue weighted by molar-refractivity contribution is 7.97. The number of fused-ring (bicyclic) bond motifs is 4. The standard InChI is InChI=1S/C24H31ClN2O3S/c1-12(2)17-9-16(25)10-18(13(3)4)21(17)26-23(28)27-31-20-11-19-22(30-20)14-6-7-15(8-14)24(19,5)29/h9-15,29H,6-8H2,1-5H3,(H2,26,27,28). The molecular weight excluding hydrogens is 432 g/mol. The van der Waals surface area contributed by atoms with Crippen LogP contribution in [-0.4, -0.2) is 11.1 Å². The SMILES string of the molecule is CC(C)c1cc(Cl)cc(C(C)C)c1NC(=O)NSc1cc2c(o1)C1CCC(C1)C2(C)O. The summed E-state index contributed by atoms with van der Waals surface area (Å²) in [6.07, 6.45) is 3.05. The fourth-order valence-electron chi connectivity index (χ4n) is 5.02. The topological polar surface area (TPSA) is 74.5 Å². The number of hydrogen-bond donors (Lipinski definition) is 3. The first kappa shape index (κ1) is 22.6. The molecule has 2 aromatic rings. The summed E-state index contributed by atoms with van der Waals surface area (Å²) < 4.78 is 8.89. The van der Waals surface area contributed by atoms with Crippen LogP contribution in [-0.2, 0) is 5.60 Å². The molecule has 0 spiro atoms. The number of anilines is 1. The Labute approximate surface area is 193 Å². The molecule has 2 amide bonds. The molecule has 2 aliphatic carbocycles. The van der Waals surface area contributed by atoms with E-state index < -0.39 is 5.60 Å². The Balaban J connectivity index is 1.50. The molecule has 1 saturated carbocycles. The van der Waals surface area contributed by atoms with E-state index in [0.29, 0.717) is 16.0 Å². The molecule has 7 heteroatoms. The van der Waals surface area contributed by atoms with Gasteiger partial charge in [0.2, 0.25) is 0 Å². The zero-order valence-corrected chi connectivity index (χ0v) is 20.3. The Morgan fingerprint density at radius 2 is 1.84 bits per heavy atom. The fraction of sp³-hybridized carbons (Fsp3) is 0.542. The van der Waals surface area contributed by atoms with Gasteiger partial charge in [0, 0.05) is 34.1 Å². The number of halogens is 1. The van der Waals surface area contributed by atoms with Crippen LogP contribution in [0, 0.1) is 5.92 Å². The highest BCUT2D eigenvalue weighted by Crippen LogP contribution is 2.55. The van der Waals surface area contributed by atoms with Gasteiger partial charge in [0.15, 0.2) is 5.09 Å². The second-order valence-electron chi connectivity index (χ2n) is 9.62. The predicted molar refractivity (Wildman–Crippen MR) is 126 cm³/mol. The maximum Gasteiger partial charge on any atom is 0.329 e. The molecule has 0 aliphatic heterocycles. The first-order valence-corrected chi connectivity index (χ1v) is 12.2. The van der Waals surface area contributed by atoms with E-state index in [1.165, 1.54) is 0 Å². The van der Waals surface area contributed by atoms with Crippen molar-refractivity contribution < 1.29 is 14.3 Å². The summed E-state index contributed by atoms with van der Waals surface area (Å²) in [5, 5.41) is 15.3. The summed E-state index contributed by atoms with van der Waals surface area (Å²) in [6.45, 7) is 10.2. The van der Waals surface area contributed by atoms with Gasteiger partial charge in [-0.25, -0.2) is 4.79 Å². The van der Waals surface area contributed by atoms with Crippen molar-refractivity contribution in [3.8, 4) is 0 Å². The second kappa shape index (κ2) is 8.38. The molecule has 1 aromatic carbocycles. The molecule has 1 heterocycles. The normalized spacial score (nSPS) is 24.5. The van der Waals surface area contributed by atoms with E-state index in [4.69, 9.17) is 16.0 Å². The zero-order valence-electron chi connectivity index (χ0n) is 18.7. The smallest absolute Gasteiger partial charge is 0.329 e. The third kappa shape index (κ3) is 4.22. The lowest BCUT2D eigenvalue weighted by Crippen LogP contribution is -2.33. The number of aliphatic hydroxyl groups is 1. The van der Waals surface area contributed by atoms with Gasteiger partial charge in [-0.1, -0.05) is 39.3 Å². The van der Waals surface area contributed by atoms with Crippen molar-refractivity contribution in [2.75, 3.05) is 5.32 Å². The van der Waals surface area contributed by atoms with Gasteiger partial charge in [-0.05, 0) is 73.3 Å². The molecule has 3 unspecified atom stereocenters. The summed E-state index contributed by atoms with van der Waals surface area (Å²) in [6, 6.07) is 5.39. The van der Waals surface area contributed by atoms with Crippen LogP contribution >= 0.6 is 23.5 Å². The van der Waals surface area contributed by atoms with Gasteiger partial charge in [0.1, 0.15) is 5.76 Å². The summed E-state index contributed by atoms with van der Waals surface area (Å²) in [7, 11) is 0. The van der Waals surface area contributed by atoms with E-state index in [2.05, 4.69) is 37.7 Å².